The Balaban J connectivity index is 1.63. The molecular weight excluding hydrogens is 378 g/mol. The summed E-state index contributed by atoms with van der Waals surface area (Å²) < 4.78 is 5.24. The highest BCUT2D eigenvalue weighted by atomic mass is 35.5. The number of rotatable bonds is 5. The van der Waals surface area contributed by atoms with E-state index in [1.165, 1.54) is 37.7 Å². The number of methoxy groups -OCH3 is 1. The molecule has 0 radical (unpaired) electrons. The Morgan fingerprint density at radius 2 is 2.04 bits per heavy atom. The molecule has 2 heterocycles. The van der Waals surface area contributed by atoms with Gasteiger partial charge >= 0.3 is 0 Å². The van der Waals surface area contributed by atoms with Gasteiger partial charge in [0, 0.05) is 12.5 Å². The lowest BCUT2D eigenvalue weighted by Crippen LogP contribution is -2.11. The van der Waals surface area contributed by atoms with Crippen LogP contribution in [0.1, 0.15) is 55.0 Å². The summed E-state index contributed by atoms with van der Waals surface area (Å²) in [4.78, 5) is 10.9. The number of anilines is 1. The monoisotopic (exact) mass is 401 g/mol. The zero-order chi connectivity index (χ0) is 18.8. The normalized spacial score (nSPS) is 15.2. The minimum absolute atomic E-state index is 0.488. The summed E-state index contributed by atoms with van der Waals surface area (Å²) >= 11 is 7.97. The Bertz CT molecular complexity index is 950. The number of aryl methyl sites for hydroxylation is 1. The van der Waals surface area contributed by atoms with E-state index in [0.29, 0.717) is 23.2 Å². The van der Waals surface area contributed by atoms with Crippen LogP contribution in [-0.2, 0) is 6.54 Å². The van der Waals surface area contributed by atoms with Crippen molar-refractivity contribution in [2.24, 2.45) is 0 Å². The first kappa shape index (κ1) is 18.5. The van der Waals surface area contributed by atoms with Gasteiger partial charge in [-0.05, 0) is 48.4 Å². The van der Waals surface area contributed by atoms with E-state index in [4.69, 9.17) is 26.3 Å². The molecular formula is C21H24ClN3OS. The van der Waals surface area contributed by atoms with Crippen LogP contribution in [0.25, 0.3) is 10.2 Å². The third-order valence-electron chi connectivity index (χ3n) is 5.28. The van der Waals surface area contributed by atoms with Crippen molar-refractivity contribution in [2.75, 3.05) is 12.4 Å². The topological polar surface area (TPSA) is 47.0 Å². The number of nitrogens with one attached hydrogen (secondary N) is 1. The molecule has 1 saturated carbocycles. The van der Waals surface area contributed by atoms with Crippen molar-refractivity contribution < 1.29 is 4.74 Å². The molecule has 1 aromatic carbocycles. The summed E-state index contributed by atoms with van der Waals surface area (Å²) in [7, 11) is 1.63. The van der Waals surface area contributed by atoms with Crippen LogP contribution in [0.4, 0.5) is 5.82 Å². The van der Waals surface area contributed by atoms with Crippen molar-refractivity contribution in [3.05, 3.63) is 45.6 Å². The second kappa shape index (κ2) is 8.03. The van der Waals surface area contributed by atoms with E-state index >= 15 is 0 Å². The minimum atomic E-state index is 0.488. The van der Waals surface area contributed by atoms with Crippen molar-refractivity contribution in [3.8, 4) is 5.75 Å². The number of nitrogens with zero attached hydrogens (tertiary/aromatic N) is 2. The molecule has 0 atom stereocenters. The Hall–Kier alpha value is -1.85. The average Bonchev–Trinajstić information content (AvgIpc) is 3.08. The van der Waals surface area contributed by atoms with Crippen LogP contribution in [0.5, 0.6) is 5.75 Å². The molecule has 27 heavy (non-hydrogen) atoms. The first-order valence-electron chi connectivity index (χ1n) is 9.47. The quantitative estimate of drug-likeness (QED) is 0.543. The average molecular weight is 402 g/mol. The second-order valence-electron chi connectivity index (χ2n) is 7.19. The van der Waals surface area contributed by atoms with E-state index in [0.717, 1.165) is 27.4 Å². The number of benzene rings is 1. The van der Waals surface area contributed by atoms with Gasteiger partial charge in [-0.2, -0.15) is 0 Å². The summed E-state index contributed by atoms with van der Waals surface area (Å²) in [5, 5.41) is 7.46. The molecule has 0 bridgehead atoms. The Morgan fingerprint density at radius 1 is 1.22 bits per heavy atom. The predicted octanol–water partition coefficient (Wildman–Crippen LogP) is 6.32. The van der Waals surface area contributed by atoms with Gasteiger partial charge in [0.25, 0.3) is 0 Å². The molecule has 1 fully saturated rings. The number of halogens is 1. The summed E-state index contributed by atoms with van der Waals surface area (Å²) in [6.45, 7) is 2.78. The maximum Gasteiger partial charge on any atom is 0.139 e. The van der Waals surface area contributed by atoms with Gasteiger partial charge in [-0.3, -0.25) is 0 Å². The van der Waals surface area contributed by atoms with E-state index in [-0.39, 0.29) is 0 Å². The van der Waals surface area contributed by atoms with Crippen LogP contribution in [-0.4, -0.2) is 17.1 Å². The second-order valence-corrected chi connectivity index (χ2v) is 8.45. The number of aromatic nitrogens is 2. The summed E-state index contributed by atoms with van der Waals surface area (Å²) in [5.74, 6) is 3.12. The molecule has 0 unspecified atom stereocenters. The molecule has 6 heteroatoms. The fourth-order valence-electron chi connectivity index (χ4n) is 3.78. The van der Waals surface area contributed by atoms with Crippen molar-refractivity contribution in [3.63, 3.8) is 0 Å². The zero-order valence-electron chi connectivity index (χ0n) is 15.7. The SMILES string of the molecule is COc1ccc(CNc2nc(C3CCCCC3)nc3scc(C)c23)cc1Cl. The van der Waals surface area contributed by atoms with Gasteiger partial charge in [0.1, 0.15) is 22.2 Å². The molecule has 0 amide bonds. The first-order valence-corrected chi connectivity index (χ1v) is 10.7. The molecule has 0 aliphatic heterocycles. The third-order valence-corrected chi connectivity index (χ3v) is 6.57. The largest absolute Gasteiger partial charge is 0.495 e. The van der Waals surface area contributed by atoms with E-state index < -0.39 is 0 Å². The molecule has 4 rings (SSSR count). The van der Waals surface area contributed by atoms with Gasteiger partial charge in [0.15, 0.2) is 0 Å². The summed E-state index contributed by atoms with van der Waals surface area (Å²) in [6, 6.07) is 5.87. The number of hydrogen-bond donors (Lipinski definition) is 1. The Kier molecular flexibility index (Phi) is 5.50. The standard InChI is InChI=1S/C21H24ClN3OS/c1-13-12-27-21-18(13)20(24-19(25-21)15-6-4-3-5-7-15)23-11-14-8-9-17(26-2)16(22)10-14/h8-10,12,15H,3-7,11H2,1-2H3,(H,23,24,25). The Labute approximate surface area is 168 Å². The highest BCUT2D eigenvalue weighted by molar-refractivity contribution is 7.17. The maximum absolute atomic E-state index is 6.26. The lowest BCUT2D eigenvalue weighted by Gasteiger charge is -2.21. The van der Waals surface area contributed by atoms with Gasteiger partial charge in [-0.25, -0.2) is 9.97 Å². The molecule has 1 aliphatic carbocycles. The van der Waals surface area contributed by atoms with E-state index in [2.05, 4.69) is 17.6 Å². The molecule has 0 saturated heterocycles. The number of fused-ring (bicyclic) bond motifs is 1. The fourth-order valence-corrected chi connectivity index (χ4v) is 4.99. The predicted molar refractivity (Wildman–Crippen MR) is 113 cm³/mol. The third kappa shape index (κ3) is 3.90. The molecule has 2 aromatic heterocycles. The number of ether oxygens (including phenoxy) is 1. The smallest absolute Gasteiger partial charge is 0.139 e. The van der Waals surface area contributed by atoms with Gasteiger partial charge in [0.2, 0.25) is 0 Å². The van der Waals surface area contributed by atoms with Gasteiger partial charge < -0.3 is 10.1 Å². The molecule has 1 aliphatic rings. The zero-order valence-corrected chi connectivity index (χ0v) is 17.3. The maximum atomic E-state index is 6.26. The van der Waals surface area contributed by atoms with Crippen molar-refractivity contribution in [2.45, 2.75) is 51.5 Å². The van der Waals surface area contributed by atoms with E-state index in [9.17, 15) is 0 Å². The molecule has 3 aromatic rings. The lowest BCUT2D eigenvalue weighted by molar-refractivity contribution is 0.415. The van der Waals surface area contributed by atoms with Crippen molar-refractivity contribution >= 4 is 39.0 Å². The fraction of sp³-hybridized carbons (Fsp3) is 0.429. The highest BCUT2D eigenvalue weighted by Crippen LogP contribution is 2.36. The van der Waals surface area contributed by atoms with Crippen LogP contribution < -0.4 is 10.1 Å². The van der Waals surface area contributed by atoms with Gasteiger partial charge in [0.05, 0.1) is 17.5 Å². The van der Waals surface area contributed by atoms with Gasteiger partial charge in [-0.15, -0.1) is 11.3 Å². The number of thiophene rings is 1. The van der Waals surface area contributed by atoms with Crippen molar-refractivity contribution in [1.82, 2.24) is 9.97 Å². The van der Waals surface area contributed by atoms with Crippen LogP contribution >= 0.6 is 22.9 Å². The summed E-state index contributed by atoms with van der Waals surface area (Å²) in [6.07, 6.45) is 6.29. The van der Waals surface area contributed by atoms with Crippen molar-refractivity contribution in [1.29, 1.82) is 0 Å². The molecule has 1 N–H and O–H groups in total. The van der Waals surface area contributed by atoms with Gasteiger partial charge in [-0.1, -0.05) is 36.9 Å². The van der Waals surface area contributed by atoms with Crippen LogP contribution in [0.2, 0.25) is 5.02 Å². The summed E-state index contributed by atoms with van der Waals surface area (Å²) in [5.41, 5.74) is 2.32. The van der Waals surface area contributed by atoms with Crippen LogP contribution in [0, 0.1) is 6.92 Å². The van der Waals surface area contributed by atoms with E-state index in [1.54, 1.807) is 18.4 Å². The Morgan fingerprint density at radius 3 is 2.78 bits per heavy atom. The molecule has 0 spiro atoms. The minimum Gasteiger partial charge on any atom is -0.495 e. The highest BCUT2D eigenvalue weighted by Gasteiger charge is 2.21. The molecule has 142 valence electrons. The number of hydrogen-bond acceptors (Lipinski definition) is 5. The first-order chi connectivity index (χ1) is 13.2. The lowest BCUT2D eigenvalue weighted by atomic mass is 9.88. The molecule has 4 nitrogen and oxygen atoms in total. The van der Waals surface area contributed by atoms with E-state index in [1.807, 2.05) is 18.2 Å². The van der Waals surface area contributed by atoms with Crippen LogP contribution in [0.15, 0.2) is 23.6 Å². The van der Waals surface area contributed by atoms with Crippen LogP contribution in [0.3, 0.4) is 0 Å².